The van der Waals surface area contributed by atoms with Gasteiger partial charge in [0.25, 0.3) is 0 Å². The second-order valence-electron chi connectivity index (χ2n) is 2.59. The van der Waals surface area contributed by atoms with Gasteiger partial charge >= 0.3 is 0 Å². The van der Waals surface area contributed by atoms with Crippen LogP contribution in [0, 0.1) is 12.3 Å². The van der Waals surface area contributed by atoms with E-state index in [1.807, 2.05) is 13.0 Å². The molecule has 0 saturated heterocycles. The zero-order chi connectivity index (χ0) is 9.14. The van der Waals surface area contributed by atoms with Crippen LogP contribution in [0.5, 0.6) is 5.75 Å². The van der Waals surface area contributed by atoms with E-state index in [0.29, 0.717) is 0 Å². The first-order valence-electron chi connectivity index (χ1n) is 3.64. The van der Waals surface area contributed by atoms with Crippen LogP contribution in [0.1, 0.15) is 11.1 Å². The van der Waals surface area contributed by atoms with Crippen LogP contribution >= 0.6 is 12.4 Å². The van der Waals surface area contributed by atoms with E-state index in [1.165, 1.54) is 0 Å². The molecule has 0 fully saturated rings. The summed E-state index contributed by atoms with van der Waals surface area (Å²) < 4.78 is 5.02. The quantitative estimate of drug-likeness (QED) is 0.564. The molecule has 0 saturated carbocycles. The molecule has 0 radical (unpaired) electrons. The summed E-state index contributed by atoms with van der Waals surface area (Å²) in [7, 11) is 1.61. The number of rotatable bonds is 2. The molecule has 3 N–H and O–H groups in total. The smallest absolute Gasteiger partial charge is 0.123 e. The molecular formula is C9H13ClN2O. The maximum atomic E-state index is 7.24. The van der Waals surface area contributed by atoms with Gasteiger partial charge in [-0.15, -0.1) is 12.4 Å². The van der Waals surface area contributed by atoms with E-state index >= 15 is 0 Å². The Morgan fingerprint density at radius 2 is 2.08 bits per heavy atom. The van der Waals surface area contributed by atoms with Crippen molar-refractivity contribution in [2.24, 2.45) is 5.73 Å². The summed E-state index contributed by atoms with van der Waals surface area (Å²) in [4.78, 5) is 0. The van der Waals surface area contributed by atoms with Crippen LogP contribution in [-0.2, 0) is 0 Å². The van der Waals surface area contributed by atoms with Crippen molar-refractivity contribution in [3.05, 3.63) is 29.3 Å². The van der Waals surface area contributed by atoms with Gasteiger partial charge in [0, 0.05) is 5.56 Å². The highest BCUT2D eigenvalue weighted by Gasteiger charge is 2.01. The lowest BCUT2D eigenvalue weighted by atomic mass is 10.1. The Hall–Kier alpha value is -1.22. The number of nitrogen functional groups attached to an aromatic ring is 1. The van der Waals surface area contributed by atoms with Gasteiger partial charge in [0.15, 0.2) is 0 Å². The van der Waals surface area contributed by atoms with E-state index < -0.39 is 0 Å². The standard InChI is InChI=1S/C9H12N2O.ClH/c1-6-5-7(12-2)3-4-8(6)9(10)11;/h3-5H,1-2H3,(H3,10,11);1H. The first-order chi connectivity index (χ1) is 5.65. The average Bonchev–Trinajstić information content (AvgIpc) is 2.03. The first-order valence-corrected chi connectivity index (χ1v) is 3.64. The molecule has 1 aromatic carbocycles. The number of aryl methyl sites for hydroxylation is 1. The molecule has 0 amide bonds. The zero-order valence-corrected chi connectivity index (χ0v) is 8.44. The minimum atomic E-state index is 0. The van der Waals surface area contributed by atoms with E-state index in [2.05, 4.69) is 0 Å². The Labute approximate surface area is 83.8 Å². The monoisotopic (exact) mass is 200 g/mol. The molecule has 3 nitrogen and oxygen atoms in total. The molecule has 0 heterocycles. The number of halogens is 1. The molecule has 0 aliphatic carbocycles. The van der Waals surface area contributed by atoms with E-state index in [9.17, 15) is 0 Å². The highest BCUT2D eigenvalue weighted by atomic mass is 35.5. The lowest BCUT2D eigenvalue weighted by Crippen LogP contribution is -2.12. The Bertz CT molecular complexity index is 312. The lowest BCUT2D eigenvalue weighted by molar-refractivity contribution is 0.414. The molecule has 1 aromatic rings. The summed E-state index contributed by atoms with van der Waals surface area (Å²) in [5, 5.41) is 7.24. The van der Waals surface area contributed by atoms with Gasteiger partial charge < -0.3 is 10.5 Å². The Morgan fingerprint density at radius 1 is 1.46 bits per heavy atom. The normalized spacial score (nSPS) is 8.77. The number of benzene rings is 1. The fourth-order valence-corrected chi connectivity index (χ4v) is 1.07. The fraction of sp³-hybridized carbons (Fsp3) is 0.222. The van der Waals surface area contributed by atoms with Crippen molar-refractivity contribution in [3.8, 4) is 5.75 Å². The Balaban J connectivity index is 0.00000144. The number of nitrogens with two attached hydrogens (primary N) is 1. The number of hydrogen-bond acceptors (Lipinski definition) is 2. The van der Waals surface area contributed by atoms with Crippen molar-refractivity contribution in [3.63, 3.8) is 0 Å². The van der Waals surface area contributed by atoms with E-state index in [-0.39, 0.29) is 18.2 Å². The fourth-order valence-electron chi connectivity index (χ4n) is 1.07. The van der Waals surface area contributed by atoms with Gasteiger partial charge in [0.1, 0.15) is 11.6 Å². The van der Waals surface area contributed by atoms with Gasteiger partial charge in [-0.05, 0) is 30.7 Å². The van der Waals surface area contributed by atoms with Crippen LogP contribution in [0.4, 0.5) is 0 Å². The molecular weight excluding hydrogens is 188 g/mol. The largest absolute Gasteiger partial charge is 0.497 e. The van der Waals surface area contributed by atoms with Crippen LogP contribution in [0.3, 0.4) is 0 Å². The Morgan fingerprint density at radius 3 is 2.46 bits per heavy atom. The molecule has 0 unspecified atom stereocenters. The highest BCUT2D eigenvalue weighted by molar-refractivity contribution is 5.96. The first kappa shape index (κ1) is 11.8. The third-order valence-electron chi connectivity index (χ3n) is 1.72. The van der Waals surface area contributed by atoms with Crippen molar-refractivity contribution in [2.45, 2.75) is 6.92 Å². The number of hydrogen-bond donors (Lipinski definition) is 2. The molecule has 72 valence electrons. The summed E-state index contributed by atoms with van der Waals surface area (Å²) in [5.41, 5.74) is 7.07. The van der Waals surface area contributed by atoms with Crippen molar-refractivity contribution >= 4 is 18.2 Å². The zero-order valence-electron chi connectivity index (χ0n) is 7.63. The van der Waals surface area contributed by atoms with Gasteiger partial charge in [0.2, 0.25) is 0 Å². The average molecular weight is 201 g/mol. The number of methoxy groups -OCH3 is 1. The van der Waals surface area contributed by atoms with Gasteiger partial charge in [-0.1, -0.05) is 0 Å². The summed E-state index contributed by atoms with van der Waals surface area (Å²) in [6.45, 7) is 1.90. The van der Waals surface area contributed by atoms with Crippen LogP contribution < -0.4 is 10.5 Å². The second kappa shape index (κ2) is 4.72. The SMILES string of the molecule is COc1ccc(C(=N)N)c(C)c1.Cl. The molecule has 1 rings (SSSR count). The number of nitrogens with one attached hydrogen (secondary N) is 1. The van der Waals surface area contributed by atoms with Gasteiger partial charge in [-0.3, -0.25) is 5.41 Å². The van der Waals surface area contributed by atoms with Crippen LogP contribution in [0.2, 0.25) is 0 Å². The lowest BCUT2D eigenvalue weighted by Gasteiger charge is -2.05. The molecule has 0 bridgehead atoms. The van der Waals surface area contributed by atoms with Crippen molar-refractivity contribution in [2.75, 3.05) is 7.11 Å². The minimum Gasteiger partial charge on any atom is -0.497 e. The summed E-state index contributed by atoms with van der Waals surface area (Å²) in [5.74, 6) is 0.882. The highest BCUT2D eigenvalue weighted by Crippen LogP contribution is 2.15. The third kappa shape index (κ3) is 2.63. The summed E-state index contributed by atoms with van der Waals surface area (Å²) >= 11 is 0. The second-order valence-corrected chi connectivity index (χ2v) is 2.59. The number of ether oxygens (including phenoxy) is 1. The minimum absolute atomic E-state index is 0. The maximum Gasteiger partial charge on any atom is 0.123 e. The molecule has 0 spiro atoms. The van der Waals surface area contributed by atoms with Crippen LogP contribution in [0.15, 0.2) is 18.2 Å². The summed E-state index contributed by atoms with van der Waals surface area (Å²) in [6, 6.07) is 5.44. The topological polar surface area (TPSA) is 59.1 Å². The van der Waals surface area contributed by atoms with Crippen LogP contribution in [-0.4, -0.2) is 12.9 Å². The Kier molecular flexibility index (Phi) is 4.28. The predicted molar refractivity (Wildman–Crippen MR) is 56.0 cm³/mol. The van der Waals surface area contributed by atoms with Gasteiger partial charge in [-0.2, -0.15) is 0 Å². The van der Waals surface area contributed by atoms with E-state index in [4.69, 9.17) is 15.9 Å². The molecule has 0 atom stereocenters. The molecule has 0 aliphatic heterocycles. The third-order valence-corrected chi connectivity index (χ3v) is 1.72. The summed E-state index contributed by atoms with van der Waals surface area (Å²) in [6.07, 6.45) is 0. The van der Waals surface area contributed by atoms with E-state index in [1.54, 1.807) is 19.2 Å². The van der Waals surface area contributed by atoms with Crippen molar-refractivity contribution in [1.82, 2.24) is 0 Å². The van der Waals surface area contributed by atoms with Gasteiger partial charge in [0.05, 0.1) is 7.11 Å². The number of amidine groups is 1. The molecule has 4 heteroatoms. The molecule has 0 aliphatic rings. The van der Waals surface area contributed by atoms with Crippen molar-refractivity contribution < 1.29 is 4.74 Å². The maximum absolute atomic E-state index is 7.24. The van der Waals surface area contributed by atoms with Crippen LogP contribution in [0.25, 0.3) is 0 Å². The van der Waals surface area contributed by atoms with Crippen molar-refractivity contribution in [1.29, 1.82) is 5.41 Å². The predicted octanol–water partition coefficient (Wildman–Crippen LogP) is 1.71. The van der Waals surface area contributed by atoms with E-state index in [0.717, 1.165) is 16.9 Å². The molecule has 13 heavy (non-hydrogen) atoms. The molecule has 0 aromatic heterocycles. The van der Waals surface area contributed by atoms with Gasteiger partial charge in [-0.25, -0.2) is 0 Å².